The minimum Gasteiger partial charge on any atom is -0.444 e. The van der Waals surface area contributed by atoms with Crippen LogP contribution in [0, 0.1) is 5.82 Å². The number of carbonyl (C=O) groups is 4. The molecule has 2 aromatic carbocycles. The molecule has 2 aromatic rings. The maximum Gasteiger partial charge on any atom is 0.413 e. The Morgan fingerprint density at radius 3 is 2.54 bits per heavy atom. The number of amides is 2. The van der Waals surface area contributed by atoms with E-state index in [0.717, 1.165) is 22.6 Å². The molecule has 1 N–H and O–H groups in total. The van der Waals surface area contributed by atoms with Crippen molar-refractivity contribution in [2.24, 2.45) is 0 Å². The Morgan fingerprint density at radius 1 is 1.20 bits per heavy atom. The second-order valence-corrected chi connectivity index (χ2v) is 9.53. The highest BCUT2D eigenvalue weighted by Gasteiger charge is 2.39. The number of Topliss-reactive ketones (excluding diaryl/α,β-unsaturated/α-hetero) is 1. The molecule has 186 valence electrons. The van der Waals surface area contributed by atoms with Gasteiger partial charge in [0.15, 0.2) is 12.0 Å². The molecule has 0 bridgehead atoms. The molecule has 1 aliphatic rings. The van der Waals surface area contributed by atoms with Crippen LogP contribution in [-0.2, 0) is 25.6 Å². The summed E-state index contributed by atoms with van der Waals surface area (Å²) in [6.45, 7) is 4.54. The number of esters is 1. The van der Waals surface area contributed by atoms with Crippen LogP contribution in [-0.4, -0.2) is 47.2 Å². The predicted octanol–water partition coefficient (Wildman–Crippen LogP) is 5.03. The Balaban J connectivity index is 1.75. The summed E-state index contributed by atoms with van der Waals surface area (Å²) < 4.78 is 29.7. The van der Waals surface area contributed by atoms with Crippen LogP contribution in [0.2, 0.25) is 0 Å². The number of cyclic esters (lactones) is 1. The first-order valence-electron chi connectivity index (χ1n) is 10.6. The molecule has 35 heavy (non-hydrogen) atoms. The molecule has 11 heteroatoms. The van der Waals surface area contributed by atoms with Gasteiger partial charge < -0.3 is 14.2 Å². The van der Waals surface area contributed by atoms with Crippen molar-refractivity contribution in [3.8, 4) is 0 Å². The second kappa shape index (κ2) is 10.9. The van der Waals surface area contributed by atoms with Gasteiger partial charge in [0.2, 0.25) is 0 Å². The van der Waals surface area contributed by atoms with Gasteiger partial charge in [-0.2, -0.15) is 0 Å². The van der Waals surface area contributed by atoms with Crippen LogP contribution in [0.25, 0.3) is 0 Å². The first-order chi connectivity index (χ1) is 16.4. The Labute approximate surface area is 209 Å². The zero-order chi connectivity index (χ0) is 25.8. The van der Waals surface area contributed by atoms with Crippen LogP contribution in [0.4, 0.5) is 19.7 Å². The molecule has 0 aromatic heterocycles. The van der Waals surface area contributed by atoms with Crippen molar-refractivity contribution in [1.82, 2.24) is 4.90 Å². The van der Waals surface area contributed by atoms with Gasteiger partial charge in [0.05, 0.1) is 17.7 Å². The summed E-state index contributed by atoms with van der Waals surface area (Å²) in [6.07, 6.45) is -3.39. The molecule has 1 atom stereocenters. The fourth-order valence-corrected chi connectivity index (χ4v) is 3.91. The summed E-state index contributed by atoms with van der Waals surface area (Å²) in [4.78, 5) is 50.9. The lowest BCUT2D eigenvalue weighted by molar-refractivity contribution is -0.140. The topological polar surface area (TPSA) is 111 Å². The highest BCUT2D eigenvalue weighted by Crippen LogP contribution is 2.30. The summed E-state index contributed by atoms with van der Waals surface area (Å²) in [5, 5.41) is 2.37. The maximum atomic E-state index is 14.0. The van der Waals surface area contributed by atoms with Crippen molar-refractivity contribution in [3.63, 3.8) is 0 Å². The fraction of sp³-hybridized carbons (Fsp3) is 0.333. The van der Waals surface area contributed by atoms with E-state index in [1.807, 2.05) is 6.07 Å². The summed E-state index contributed by atoms with van der Waals surface area (Å²) in [7, 11) is 0. The summed E-state index contributed by atoms with van der Waals surface area (Å²) >= 11 is 3.14. The standard InChI is InChI=1S/C24H24BrFN2O7/c1-24(2,3)35-22(31)27-17-10-15(26)9-16(25)21(17)18(29)11-19-28(12-20(30)34-19)23(32)33-13-14-7-5-4-6-8-14/h4-10,19H,11-13H2,1-3H3,(H,27,31)/t19-/m0/s1. The van der Waals surface area contributed by atoms with Gasteiger partial charge in [-0.1, -0.05) is 30.3 Å². The van der Waals surface area contributed by atoms with E-state index in [-0.39, 0.29) is 28.9 Å². The SMILES string of the molecule is CC(C)(C)OC(=O)Nc1cc(F)cc(Br)c1C(=O)C[C@@H]1OC(=O)CN1C(=O)OCc1ccccc1. The van der Waals surface area contributed by atoms with Crippen LogP contribution in [0.15, 0.2) is 46.9 Å². The van der Waals surface area contributed by atoms with Gasteiger partial charge in [0.25, 0.3) is 0 Å². The van der Waals surface area contributed by atoms with Crippen molar-refractivity contribution in [2.75, 3.05) is 11.9 Å². The van der Waals surface area contributed by atoms with Crippen LogP contribution < -0.4 is 5.32 Å². The van der Waals surface area contributed by atoms with Crippen molar-refractivity contribution in [1.29, 1.82) is 0 Å². The van der Waals surface area contributed by atoms with E-state index in [2.05, 4.69) is 21.2 Å². The molecular formula is C24H24BrFN2O7. The van der Waals surface area contributed by atoms with Gasteiger partial charge in [0, 0.05) is 4.47 Å². The summed E-state index contributed by atoms with van der Waals surface area (Å²) in [6, 6.07) is 11.0. The lowest BCUT2D eigenvalue weighted by atomic mass is 10.0. The van der Waals surface area contributed by atoms with Crippen molar-refractivity contribution >= 4 is 45.6 Å². The first-order valence-corrected chi connectivity index (χ1v) is 11.4. The molecule has 1 heterocycles. The molecule has 1 saturated heterocycles. The number of ether oxygens (including phenoxy) is 3. The van der Waals surface area contributed by atoms with Gasteiger partial charge >= 0.3 is 18.2 Å². The third kappa shape index (κ3) is 7.25. The van der Waals surface area contributed by atoms with Gasteiger partial charge in [-0.25, -0.2) is 14.0 Å². The zero-order valence-electron chi connectivity index (χ0n) is 19.3. The van der Waals surface area contributed by atoms with Crippen LogP contribution in [0.3, 0.4) is 0 Å². The van der Waals surface area contributed by atoms with E-state index in [0.29, 0.717) is 0 Å². The predicted molar refractivity (Wildman–Crippen MR) is 126 cm³/mol. The van der Waals surface area contributed by atoms with Crippen LogP contribution in [0.5, 0.6) is 0 Å². The number of carbonyl (C=O) groups excluding carboxylic acids is 4. The molecule has 3 rings (SSSR count). The van der Waals surface area contributed by atoms with Gasteiger partial charge in [0.1, 0.15) is 24.6 Å². The van der Waals surface area contributed by atoms with Crippen LogP contribution >= 0.6 is 15.9 Å². The number of ketones is 1. The number of anilines is 1. The molecule has 9 nitrogen and oxygen atoms in total. The zero-order valence-corrected chi connectivity index (χ0v) is 20.9. The fourth-order valence-electron chi connectivity index (χ4n) is 3.26. The van der Waals surface area contributed by atoms with E-state index in [4.69, 9.17) is 14.2 Å². The minimum absolute atomic E-state index is 0.0293. The quantitative estimate of drug-likeness (QED) is 0.305. The Bertz CT molecular complexity index is 1130. The van der Waals surface area contributed by atoms with E-state index >= 15 is 0 Å². The first kappa shape index (κ1) is 26.1. The number of rotatable bonds is 6. The highest BCUT2D eigenvalue weighted by atomic mass is 79.9. The second-order valence-electron chi connectivity index (χ2n) is 8.68. The molecule has 0 saturated carbocycles. The third-order valence-corrected chi connectivity index (χ3v) is 5.31. The molecule has 0 unspecified atom stereocenters. The minimum atomic E-state index is -1.23. The van der Waals surface area contributed by atoms with E-state index < -0.39 is 48.0 Å². The lowest BCUT2D eigenvalue weighted by Gasteiger charge is -2.22. The molecule has 1 aliphatic heterocycles. The Morgan fingerprint density at radius 2 is 1.89 bits per heavy atom. The van der Waals surface area contributed by atoms with Gasteiger partial charge in [-0.3, -0.25) is 19.8 Å². The monoisotopic (exact) mass is 550 g/mol. The number of hydrogen-bond acceptors (Lipinski definition) is 7. The molecule has 1 fully saturated rings. The number of benzene rings is 2. The number of hydrogen-bond donors (Lipinski definition) is 1. The average Bonchev–Trinajstić information content (AvgIpc) is 3.10. The largest absolute Gasteiger partial charge is 0.444 e. The van der Waals surface area contributed by atoms with Crippen molar-refractivity contribution < 1.29 is 37.8 Å². The molecule has 2 amide bonds. The normalized spacial score (nSPS) is 15.4. The Kier molecular flexibility index (Phi) is 8.11. The summed E-state index contributed by atoms with van der Waals surface area (Å²) in [5.41, 5.74) is -0.290. The Hall–Kier alpha value is -3.47. The highest BCUT2D eigenvalue weighted by molar-refractivity contribution is 9.10. The maximum absolute atomic E-state index is 14.0. The number of nitrogens with one attached hydrogen (secondary N) is 1. The van der Waals surface area contributed by atoms with E-state index in [9.17, 15) is 23.6 Å². The molecule has 0 radical (unpaired) electrons. The average molecular weight is 551 g/mol. The molecule has 0 spiro atoms. The van der Waals surface area contributed by atoms with Crippen molar-refractivity contribution in [2.45, 2.75) is 45.6 Å². The van der Waals surface area contributed by atoms with Gasteiger partial charge in [-0.05, 0) is 54.4 Å². The molecular weight excluding hydrogens is 527 g/mol. The number of nitrogens with zero attached hydrogens (tertiary/aromatic N) is 1. The smallest absolute Gasteiger partial charge is 0.413 e. The van der Waals surface area contributed by atoms with E-state index in [1.54, 1.807) is 45.0 Å². The number of halogens is 2. The summed E-state index contributed by atoms with van der Waals surface area (Å²) in [5.74, 6) is -2.04. The van der Waals surface area contributed by atoms with Crippen LogP contribution in [0.1, 0.15) is 43.1 Å². The lowest BCUT2D eigenvalue weighted by Crippen LogP contribution is -2.38. The van der Waals surface area contributed by atoms with Gasteiger partial charge in [-0.15, -0.1) is 0 Å². The third-order valence-electron chi connectivity index (χ3n) is 4.68. The van der Waals surface area contributed by atoms with Crippen molar-refractivity contribution in [3.05, 3.63) is 63.9 Å². The van der Waals surface area contributed by atoms with E-state index in [1.165, 1.54) is 0 Å². The molecule has 0 aliphatic carbocycles.